The Morgan fingerprint density at radius 2 is 2.27 bits per heavy atom. The van der Waals surface area contributed by atoms with E-state index < -0.39 is 0 Å². The second-order valence-corrected chi connectivity index (χ2v) is 4.25. The molecule has 0 saturated carbocycles. The number of hydrogen-bond donors (Lipinski definition) is 2. The van der Waals surface area contributed by atoms with Crippen LogP contribution in [0.1, 0.15) is 18.4 Å². The minimum atomic E-state index is -0.0646. The van der Waals surface area contributed by atoms with E-state index >= 15 is 0 Å². The lowest BCUT2D eigenvalue weighted by Crippen LogP contribution is -2.12. The van der Waals surface area contributed by atoms with Crippen LogP contribution in [0.25, 0.3) is 0 Å². The third kappa shape index (κ3) is 4.01. The van der Waals surface area contributed by atoms with Crippen LogP contribution in [0.3, 0.4) is 0 Å². The van der Waals surface area contributed by atoms with Crippen molar-refractivity contribution >= 4 is 27.5 Å². The van der Waals surface area contributed by atoms with Crippen LogP contribution in [0.2, 0.25) is 0 Å². The van der Waals surface area contributed by atoms with Gasteiger partial charge in [-0.25, -0.2) is 0 Å². The van der Waals surface area contributed by atoms with Crippen LogP contribution in [-0.4, -0.2) is 17.6 Å². The molecule has 2 N–H and O–H groups in total. The Kier molecular flexibility index (Phi) is 4.78. The van der Waals surface area contributed by atoms with Crippen molar-refractivity contribution in [3.8, 4) is 0 Å². The number of amides is 1. The summed E-state index contributed by atoms with van der Waals surface area (Å²) >= 11 is 3.35. The average molecular weight is 272 g/mol. The molecule has 4 heteroatoms. The summed E-state index contributed by atoms with van der Waals surface area (Å²) in [7, 11) is 0. The normalized spacial score (nSPS) is 10.1. The Morgan fingerprint density at radius 1 is 1.53 bits per heavy atom. The highest BCUT2D eigenvalue weighted by molar-refractivity contribution is 9.10. The predicted molar refractivity (Wildman–Crippen MR) is 63.8 cm³/mol. The number of benzene rings is 1. The van der Waals surface area contributed by atoms with Crippen LogP contribution in [0, 0.1) is 6.92 Å². The Balaban J connectivity index is 2.63. The third-order valence-electron chi connectivity index (χ3n) is 2.04. The Bertz CT molecular complexity index is 352. The van der Waals surface area contributed by atoms with Crippen molar-refractivity contribution in [1.29, 1.82) is 0 Å². The van der Waals surface area contributed by atoms with Gasteiger partial charge in [0.1, 0.15) is 0 Å². The lowest BCUT2D eigenvalue weighted by molar-refractivity contribution is -0.116. The maximum atomic E-state index is 11.4. The number of nitrogens with one attached hydrogen (secondary N) is 1. The molecule has 1 aromatic carbocycles. The Morgan fingerprint density at radius 3 is 2.93 bits per heavy atom. The van der Waals surface area contributed by atoms with Gasteiger partial charge in [-0.3, -0.25) is 4.79 Å². The van der Waals surface area contributed by atoms with E-state index in [1.165, 1.54) is 0 Å². The molecule has 0 aliphatic rings. The van der Waals surface area contributed by atoms with E-state index in [1.807, 2.05) is 25.1 Å². The fourth-order valence-corrected chi connectivity index (χ4v) is 1.54. The number of hydrogen-bond acceptors (Lipinski definition) is 2. The van der Waals surface area contributed by atoms with Gasteiger partial charge in [-0.2, -0.15) is 0 Å². The predicted octanol–water partition coefficient (Wildman–Crippen LogP) is 2.47. The summed E-state index contributed by atoms with van der Waals surface area (Å²) in [5.41, 5.74) is 1.84. The summed E-state index contributed by atoms with van der Waals surface area (Å²) in [6.07, 6.45) is 0.849. The molecule has 0 aliphatic carbocycles. The second-order valence-electron chi connectivity index (χ2n) is 3.33. The first kappa shape index (κ1) is 12.2. The fraction of sp³-hybridized carbons (Fsp3) is 0.364. The van der Waals surface area contributed by atoms with Gasteiger partial charge >= 0.3 is 0 Å². The second kappa shape index (κ2) is 5.88. The van der Waals surface area contributed by atoms with E-state index in [0.717, 1.165) is 15.7 Å². The standard InChI is InChI=1S/C11H14BrNO2/c1-8-4-5-9(12)7-10(8)13-11(15)3-2-6-14/h4-5,7,14H,2-3,6H2,1H3,(H,13,15). The van der Waals surface area contributed by atoms with Gasteiger partial charge in [-0.1, -0.05) is 22.0 Å². The molecule has 1 rings (SSSR count). The highest BCUT2D eigenvalue weighted by Gasteiger charge is 2.04. The summed E-state index contributed by atoms with van der Waals surface area (Å²) in [5.74, 6) is -0.0646. The highest BCUT2D eigenvalue weighted by atomic mass is 79.9. The molecule has 0 spiro atoms. The number of rotatable bonds is 4. The molecule has 0 aromatic heterocycles. The summed E-state index contributed by atoms with van der Waals surface area (Å²) in [5, 5.41) is 11.4. The van der Waals surface area contributed by atoms with E-state index in [0.29, 0.717) is 12.8 Å². The third-order valence-corrected chi connectivity index (χ3v) is 2.53. The first-order chi connectivity index (χ1) is 7.13. The first-order valence-corrected chi connectivity index (χ1v) is 5.59. The van der Waals surface area contributed by atoms with E-state index in [1.54, 1.807) is 0 Å². The zero-order valence-electron chi connectivity index (χ0n) is 8.59. The number of anilines is 1. The molecule has 0 fully saturated rings. The number of aryl methyl sites for hydroxylation is 1. The van der Waals surface area contributed by atoms with Gasteiger partial charge in [0.05, 0.1) is 0 Å². The molecule has 0 unspecified atom stereocenters. The van der Waals surface area contributed by atoms with Crippen LogP contribution >= 0.6 is 15.9 Å². The molecule has 0 aliphatic heterocycles. The van der Waals surface area contributed by atoms with Crippen molar-refractivity contribution < 1.29 is 9.90 Å². The first-order valence-electron chi connectivity index (χ1n) is 4.80. The van der Waals surface area contributed by atoms with Gasteiger partial charge < -0.3 is 10.4 Å². The van der Waals surface area contributed by atoms with E-state index in [2.05, 4.69) is 21.2 Å². The fourth-order valence-electron chi connectivity index (χ4n) is 1.18. The maximum absolute atomic E-state index is 11.4. The van der Waals surface area contributed by atoms with Crippen molar-refractivity contribution in [3.05, 3.63) is 28.2 Å². The number of aliphatic hydroxyl groups excluding tert-OH is 1. The molecular formula is C11H14BrNO2. The van der Waals surface area contributed by atoms with Crippen LogP contribution < -0.4 is 5.32 Å². The van der Waals surface area contributed by atoms with E-state index in [-0.39, 0.29) is 12.5 Å². The van der Waals surface area contributed by atoms with Crippen LogP contribution in [0.15, 0.2) is 22.7 Å². The van der Waals surface area contributed by atoms with E-state index in [4.69, 9.17) is 5.11 Å². The number of aliphatic hydroxyl groups is 1. The Labute approximate surface area is 97.6 Å². The zero-order chi connectivity index (χ0) is 11.3. The number of halogens is 1. The molecule has 0 radical (unpaired) electrons. The van der Waals surface area contributed by atoms with Crippen molar-refractivity contribution in [2.45, 2.75) is 19.8 Å². The van der Waals surface area contributed by atoms with Crippen LogP contribution in [0.4, 0.5) is 5.69 Å². The topological polar surface area (TPSA) is 49.3 Å². The molecule has 1 amide bonds. The molecule has 0 heterocycles. The van der Waals surface area contributed by atoms with Crippen molar-refractivity contribution in [2.24, 2.45) is 0 Å². The number of carbonyl (C=O) groups is 1. The van der Waals surface area contributed by atoms with Crippen molar-refractivity contribution in [2.75, 3.05) is 11.9 Å². The minimum absolute atomic E-state index is 0.0465. The van der Waals surface area contributed by atoms with Gasteiger partial charge in [0.2, 0.25) is 5.91 Å². The maximum Gasteiger partial charge on any atom is 0.224 e. The quantitative estimate of drug-likeness (QED) is 0.884. The average Bonchev–Trinajstić information content (AvgIpc) is 2.20. The largest absolute Gasteiger partial charge is 0.396 e. The zero-order valence-corrected chi connectivity index (χ0v) is 10.2. The molecule has 1 aromatic rings. The van der Waals surface area contributed by atoms with Crippen LogP contribution in [0.5, 0.6) is 0 Å². The monoisotopic (exact) mass is 271 g/mol. The smallest absolute Gasteiger partial charge is 0.224 e. The van der Waals surface area contributed by atoms with Gasteiger partial charge in [-0.05, 0) is 31.0 Å². The van der Waals surface area contributed by atoms with E-state index in [9.17, 15) is 4.79 Å². The molecule has 0 atom stereocenters. The SMILES string of the molecule is Cc1ccc(Br)cc1NC(=O)CCCO. The van der Waals surface area contributed by atoms with Crippen LogP contribution in [-0.2, 0) is 4.79 Å². The molecule has 82 valence electrons. The summed E-state index contributed by atoms with van der Waals surface area (Å²) < 4.78 is 0.936. The number of carbonyl (C=O) groups excluding carboxylic acids is 1. The van der Waals surface area contributed by atoms with Crippen molar-refractivity contribution in [1.82, 2.24) is 0 Å². The molecular weight excluding hydrogens is 258 g/mol. The van der Waals surface area contributed by atoms with Gasteiger partial charge in [0.15, 0.2) is 0 Å². The van der Waals surface area contributed by atoms with Gasteiger partial charge in [0.25, 0.3) is 0 Å². The lowest BCUT2D eigenvalue weighted by atomic mass is 10.2. The summed E-state index contributed by atoms with van der Waals surface area (Å²) in [4.78, 5) is 11.4. The lowest BCUT2D eigenvalue weighted by Gasteiger charge is -2.08. The highest BCUT2D eigenvalue weighted by Crippen LogP contribution is 2.20. The summed E-state index contributed by atoms with van der Waals surface area (Å²) in [6, 6.07) is 5.73. The van der Waals surface area contributed by atoms with Gasteiger partial charge in [0, 0.05) is 23.2 Å². The van der Waals surface area contributed by atoms with Crippen molar-refractivity contribution in [3.63, 3.8) is 0 Å². The van der Waals surface area contributed by atoms with Gasteiger partial charge in [-0.15, -0.1) is 0 Å². The molecule has 3 nitrogen and oxygen atoms in total. The molecule has 0 saturated heterocycles. The summed E-state index contributed by atoms with van der Waals surface area (Å²) in [6.45, 7) is 1.99. The minimum Gasteiger partial charge on any atom is -0.396 e. The molecule has 15 heavy (non-hydrogen) atoms. The Hall–Kier alpha value is -0.870. The molecule has 0 bridgehead atoms.